The van der Waals surface area contributed by atoms with Crippen molar-refractivity contribution in [2.45, 2.75) is 51.2 Å². The van der Waals surface area contributed by atoms with Gasteiger partial charge in [0.05, 0.1) is 0 Å². The van der Waals surface area contributed by atoms with E-state index in [9.17, 15) is 0 Å². The Morgan fingerprint density at radius 3 is 1.89 bits per heavy atom. The van der Waals surface area contributed by atoms with Crippen molar-refractivity contribution in [1.29, 1.82) is 0 Å². The molecule has 2 aliphatic carbocycles. The van der Waals surface area contributed by atoms with E-state index < -0.39 is 0 Å². The van der Waals surface area contributed by atoms with E-state index >= 15 is 0 Å². The van der Waals surface area contributed by atoms with Crippen molar-refractivity contribution >= 4 is 24.5 Å². The highest BCUT2D eigenvalue weighted by Gasteiger charge is 2.43. The number of benzene rings is 1. The van der Waals surface area contributed by atoms with E-state index in [2.05, 4.69) is 56.1 Å². The summed E-state index contributed by atoms with van der Waals surface area (Å²) in [5.74, 6) is 1.89. The third-order valence-electron chi connectivity index (χ3n) is 5.99. The molecular formula is C21H33ClN2O4. The van der Waals surface area contributed by atoms with Gasteiger partial charge in [0.2, 0.25) is 0 Å². The molecule has 0 spiro atoms. The third-order valence-corrected chi connectivity index (χ3v) is 6.40. The summed E-state index contributed by atoms with van der Waals surface area (Å²) in [5.41, 5.74) is 2.50. The van der Waals surface area contributed by atoms with Crippen LogP contribution in [0.15, 0.2) is 18.2 Å². The number of carbonyl (C=O) groups is 2. The molecule has 0 radical (unpaired) electrons. The maximum atomic E-state index is 8.36. The number of nitrogens with zero attached hydrogens (tertiary/aromatic N) is 2. The minimum Gasteiger partial charge on any atom is -0.483 e. The molecule has 7 heteroatoms. The topological polar surface area (TPSA) is 81.1 Å². The van der Waals surface area contributed by atoms with Crippen molar-refractivity contribution in [3.8, 4) is 0 Å². The maximum Gasteiger partial charge on any atom is 0.290 e. The Hall–Kier alpha value is -1.63. The summed E-state index contributed by atoms with van der Waals surface area (Å²) in [6, 6.07) is 8.05. The molecule has 2 N–H and O–H groups in total. The van der Waals surface area contributed by atoms with Crippen LogP contribution in [-0.4, -0.2) is 66.2 Å². The van der Waals surface area contributed by atoms with Crippen LogP contribution in [0, 0.1) is 18.8 Å². The first-order valence-electron chi connectivity index (χ1n) is 9.54. The predicted octanol–water partition coefficient (Wildman–Crippen LogP) is 3.60. The van der Waals surface area contributed by atoms with E-state index in [1.807, 2.05) is 0 Å². The molecule has 0 amide bonds. The van der Waals surface area contributed by atoms with Gasteiger partial charge in [-0.05, 0) is 82.8 Å². The third kappa shape index (κ3) is 7.08. The summed E-state index contributed by atoms with van der Waals surface area (Å²) in [4.78, 5) is 21.7. The lowest BCUT2D eigenvalue weighted by atomic mass is 10.0. The molecule has 2 fully saturated rings. The first kappa shape index (κ1) is 24.4. The maximum absolute atomic E-state index is 8.36. The first-order chi connectivity index (χ1) is 13.3. The van der Waals surface area contributed by atoms with Crippen LogP contribution < -0.4 is 0 Å². The molecule has 2 aliphatic rings. The highest BCUT2D eigenvalue weighted by Crippen LogP contribution is 2.46. The molecule has 6 nitrogen and oxygen atoms in total. The van der Waals surface area contributed by atoms with E-state index in [-0.39, 0.29) is 12.9 Å². The number of halogens is 1. The van der Waals surface area contributed by atoms with Gasteiger partial charge in [0.1, 0.15) is 0 Å². The van der Waals surface area contributed by atoms with Crippen LogP contribution in [0.1, 0.15) is 36.8 Å². The lowest BCUT2D eigenvalue weighted by molar-refractivity contribution is -0.123. The van der Waals surface area contributed by atoms with E-state index in [0.717, 1.165) is 41.1 Å². The Morgan fingerprint density at radius 1 is 1.00 bits per heavy atom. The highest BCUT2D eigenvalue weighted by atomic mass is 35.5. The van der Waals surface area contributed by atoms with Crippen LogP contribution in [0.25, 0.3) is 0 Å². The van der Waals surface area contributed by atoms with E-state index in [4.69, 9.17) is 31.4 Å². The number of hydrogen-bond donors (Lipinski definition) is 2. The van der Waals surface area contributed by atoms with E-state index in [1.54, 1.807) is 0 Å². The second-order valence-electron chi connectivity index (χ2n) is 7.94. The molecule has 2 saturated carbocycles. The highest BCUT2D eigenvalue weighted by molar-refractivity contribution is 6.31. The van der Waals surface area contributed by atoms with Crippen LogP contribution in [0.5, 0.6) is 0 Å². The van der Waals surface area contributed by atoms with Crippen LogP contribution in [0.3, 0.4) is 0 Å². The number of rotatable bonds is 4. The smallest absolute Gasteiger partial charge is 0.290 e. The summed E-state index contributed by atoms with van der Waals surface area (Å²) in [6.07, 6.45) is 5.56. The minimum absolute atomic E-state index is 0.250. The van der Waals surface area contributed by atoms with Crippen LogP contribution in [0.4, 0.5) is 0 Å². The van der Waals surface area contributed by atoms with Gasteiger partial charge in [-0.3, -0.25) is 14.5 Å². The average molecular weight is 413 g/mol. The van der Waals surface area contributed by atoms with Crippen molar-refractivity contribution in [2.75, 3.05) is 21.1 Å². The number of hydrogen-bond acceptors (Lipinski definition) is 4. The number of carboxylic acid groups (broad SMARTS) is 2. The van der Waals surface area contributed by atoms with Gasteiger partial charge in [0, 0.05) is 23.7 Å². The van der Waals surface area contributed by atoms with Gasteiger partial charge in [0.25, 0.3) is 12.9 Å². The molecule has 1 aromatic rings. The lowest BCUT2D eigenvalue weighted by Gasteiger charge is -2.27. The fourth-order valence-corrected chi connectivity index (χ4v) is 4.69. The molecule has 2 unspecified atom stereocenters. The van der Waals surface area contributed by atoms with Gasteiger partial charge in [0.15, 0.2) is 0 Å². The second kappa shape index (κ2) is 12.0. The van der Waals surface area contributed by atoms with Crippen molar-refractivity contribution in [1.82, 2.24) is 9.80 Å². The minimum atomic E-state index is -0.250. The van der Waals surface area contributed by atoms with Gasteiger partial charge in [-0.15, -0.1) is 0 Å². The molecule has 0 saturated heterocycles. The van der Waals surface area contributed by atoms with E-state index in [0.29, 0.717) is 0 Å². The zero-order chi connectivity index (χ0) is 21.3. The monoisotopic (exact) mass is 412 g/mol. The van der Waals surface area contributed by atoms with Gasteiger partial charge >= 0.3 is 0 Å². The molecule has 3 rings (SSSR count). The van der Waals surface area contributed by atoms with Gasteiger partial charge in [-0.2, -0.15) is 0 Å². The van der Waals surface area contributed by atoms with Crippen molar-refractivity contribution in [3.05, 3.63) is 34.3 Å². The summed E-state index contributed by atoms with van der Waals surface area (Å²) in [5, 5.41) is 14.7. The Labute approximate surface area is 173 Å². The zero-order valence-corrected chi connectivity index (χ0v) is 18.0. The molecule has 0 heterocycles. The SMILES string of the molecule is Cc1ccc(CN(C)C2C[C@H]3CC(N(C)C)C[C@H]3C2)cc1Cl.O=CO.O=CO. The van der Waals surface area contributed by atoms with Crippen LogP contribution >= 0.6 is 11.6 Å². The van der Waals surface area contributed by atoms with Gasteiger partial charge < -0.3 is 15.1 Å². The normalized spacial score (nSPS) is 25.4. The Morgan fingerprint density at radius 2 is 1.46 bits per heavy atom. The fourth-order valence-electron chi connectivity index (χ4n) is 4.49. The summed E-state index contributed by atoms with van der Waals surface area (Å²) in [6.45, 7) is 2.58. The van der Waals surface area contributed by atoms with Gasteiger partial charge in [-0.1, -0.05) is 23.7 Å². The van der Waals surface area contributed by atoms with Crippen molar-refractivity contribution in [2.24, 2.45) is 11.8 Å². The molecular weight excluding hydrogens is 380 g/mol. The van der Waals surface area contributed by atoms with Crippen LogP contribution in [0.2, 0.25) is 5.02 Å². The summed E-state index contributed by atoms with van der Waals surface area (Å²) < 4.78 is 0. The Balaban J connectivity index is 0.000000582. The molecule has 158 valence electrons. The summed E-state index contributed by atoms with van der Waals surface area (Å²) in [7, 11) is 6.75. The average Bonchev–Trinajstić information content (AvgIpc) is 3.19. The number of fused-ring (bicyclic) bond motifs is 1. The largest absolute Gasteiger partial charge is 0.483 e. The molecule has 0 bridgehead atoms. The fraction of sp³-hybridized carbons (Fsp3) is 0.619. The van der Waals surface area contributed by atoms with Crippen LogP contribution in [-0.2, 0) is 16.1 Å². The van der Waals surface area contributed by atoms with Crippen molar-refractivity contribution in [3.63, 3.8) is 0 Å². The predicted molar refractivity (Wildman–Crippen MR) is 112 cm³/mol. The summed E-state index contributed by atoms with van der Waals surface area (Å²) >= 11 is 6.26. The zero-order valence-electron chi connectivity index (χ0n) is 17.2. The number of aryl methyl sites for hydroxylation is 1. The molecule has 0 aromatic heterocycles. The Bertz CT molecular complexity index is 606. The molecule has 0 aliphatic heterocycles. The van der Waals surface area contributed by atoms with Crippen molar-refractivity contribution < 1.29 is 19.8 Å². The second-order valence-corrected chi connectivity index (χ2v) is 8.35. The molecule has 28 heavy (non-hydrogen) atoms. The molecule has 4 atom stereocenters. The molecule has 1 aromatic carbocycles. The van der Waals surface area contributed by atoms with Gasteiger partial charge in [-0.25, -0.2) is 0 Å². The lowest BCUT2D eigenvalue weighted by Crippen LogP contribution is -2.31. The van der Waals surface area contributed by atoms with E-state index in [1.165, 1.54) is 31.2 Å². The first-order valence-corrected chi connectivity index (χ1v) is 9.92. The Kier molecular flexibility index (Phi) is 10.5. The standard InChI is InChI=1S/C19H29ClN2.2CH2O2/c1-13-5-6-14(7-19(13)20)12-22(4)18-10-15-8-17(21(2)3)9-16(15)11-18;2*2-1-3/h5-7,15-18H,8-12H2,1-4H3;2*1H,(H,2,3)/t15-,16+,17?,18?;;. The quantitative estimate of drug-likeness (QED) is 0.735.